The van der Waals surface area contributed by atoms with Gasteiger partial charge < -0.3 is 14.7 Å². The Bertz CT molecular complexity index is 1010. The first kappa shape index (κ1) is 25.0. The van der Waals surface area contributed by atoms with Crippen molar-refractivity contribution in [3.63, 3.8) is 0 Å². The van der Waals surface area contributed by atoms with Crippen LogP contribution in [0.4, 0.5) is 0 Å². The number of hydrogen-bond donors (Lipinski definition) is 1. The highest BCUT2D eigenvalue weighted by Crippen LogP contribution is 2.47. The molecule has 7 heteroatoms. The molecular weight excluding hydrogens is 473 g/mol. The second-order valence-electron chi connectivity index (χ2n) is 9.48. The van der Waals surface area contributed by atoms with Gasteiger partial charge in [-0.3, -0.25) is 9.59 Å². The second-order valence-corrected chi connectivity index (χ2v) is 10.3. The summed E-state index contributed by atoms with van der Waals surface area (Å²) in [5, 5.41) is 10.8. The first-order valence-electron chi connectivity index (χ1n) is 12.0. The number of halogens is 2. The van der Waals surface area contributed by atoms with Crippen LogP contribution in [0, 0.1) is 11.8 Å². The molecule has 2 aromatic carbocycles. The summed E-state index contributed by atoms with van der Waals surface area (Å²) in [6.07, 6.45) is 3.35. The van der Waals surface area contributed by atoms with Crippen LogP contribution >= 0.6 is 23.2 Å². The number of nitrogens with zero attached hydrogens (tertiary/aromatic N) is 1. The van der Waals surface area contributed by atoms with Crippen LogP contribution in [0.5, 0.6) is 0 Å². The molecule has 1 saturated heterocycles. The molecule has 182 valence electrons. The van der Waals surface area contributed by atoms with E-state index in [4.69, 9.17) is 27.9 Å². The SMILES string of the molecule is CC[C@@H](COCC1CC1)N1C(=O)C(CC(=O)O)C[C@H](c2cccc(Cl)c2)[C@H]1c1ccc(Cl)cc1. The van der Waals surface area contributed by atoms with Crippen LogP contribution in [0.3, 0.4) is 0 Å². The molecule has 1 N–H and O–H groups in total. The van der Waals surface area contributed by atoms with Gasteiger partial charge in [-0.1, -0.05) is 54.4 Å². The van der Waals surface area contributed by atoms with Crippen LogP contribution in [0.25, 0.3) is 0 Å². The Hall–Kier alpha value is -2.08. The van der Waals surface area contributed by atoms with Gasteiger partial charge in [0.15, 0.2) is 0 Å². The van der Waals surface area contributed by atoms with Crippen LogP contribution < -0.4 is 0 Å². The van der Waals surface area contributed by atoms with Gasteiger partial charge in [0.05, 0.1) is 25.1 Å². The summed E-state index contributed by atoms with van der Waals surface area (Å²) in [6.45, 7) is 3.19. The van der Waals surface area contributed by atoms with Crippen molar-refractivity contribution in [2.75, 3.05) is 13.2 Å². The van der Waals surface area contributed by atoms with Crippen molar-refractivity contribution in [3.05, 3.63) is 69.7 Å². The number of likely N-dealkylation sites (tertiary alicyclic amines) is 1. The normalized spacial score (nSPS) is 23.7. The quantitative estimate of drug-likeness (QED) is 0.410. The van der Waals surface area contributed by atoms with Gasteiger partial charge in [-0.25, -0.2) is 0 Å². The lowest BCUT2D eigenvalue weighted by molar-refractivity contribution is -0.154. The Morgan fingerprint density at radius 1 is 1.12 bits per heavy atom. The summed E-state index contributed by atoms with van der Waals surface area (Å²) in [4.78, 5) is 27.4. The number of amides is 1. The fourth-order valence-electron chi connectivity index (χ4n) is 5.03. The highest BCUT2D eigenvalue weighted by Gasteiger charge is 2.46. The molecule has 0 bridgehead atoms. The summed E-state index contributed by atoms with van der Waals surface area (Å²) in [6, 6.07) is 14.8. The Balaban J connectivity index is 1.76. The van der Waals surface area contributed by atoms with Gasteiger partial charge in [0, 0.05) is 28.5 Å². The molecule has 1 saturated carbocycles. The molecule has 2 aromatic rings. The number of benzene rings is 2. The van der Waals surface area contributed by atoms with Gasteiger partial charge in [0.25, 0.3) is 0 Å². The van der Waals surface area contributed by atoms with Crippen molar-refractivity contribution >= 4 is 35.1 Å². The van der Waals surface area contributed by atoms with Crippen molar-refractivity contribution in [3.8, 4) is 0 Å². The Kier molecular flexibility index (Phi) is 8.18. The standard InChI is InChI=1S/C27H31Cl2NO4/c1-2-23(16-34-15-17-6-7-17)30-26(18-8-10-21(28)11-9-18)24(19-4-3-5-22(29)12-19)13-20(27(30)33)14-25(31)32/h3-5,8-12,17,20,23-24,26H,2,6-7,13-16H2,1H3,(H,31,32)/t20?,23-,24+,26+/m0/s1. The third kappa shape index (κ3) is 5.94. The van der Waals surface area contributed by atoms with Crippen molar-refractivity contribution < 1.29 is 19.4 Å². The molecule has 0 aromatic heterocycles. The Morgan fingerprint density at radius 3 is 2.47 bits per heavy atom. The number of ether oxygens (including phenoxy) is 1. The maximum atomic E-state index is 13.8. The van der Waals surface area contributed by atoms with Crippen molar-refractivity contribution in [2.24, 2.45) is 11.8 Å². The Morgan fingerprint density at radius 2 is 1.85 bits per heavy atom. The third-order valence-corrected chi connectivity index (χ3v) is 7.44. The maximum Gasteiger partial charge on any atom is 0.304 e. The number of aliphatic carboxylic acids is 1. The van der Waals surface area contributed by atoms with Gasteiger partial charge in [0.1, 0.15) is 0 Å². The molecule has 0 spiro atoms. The summed E-state index contributed by atoms with van der Waals surface area (Å²) < 4.78 is 6.04. The van der Waals surface area contributed by atoms with Crippen LogP contribution in [0.2, 0.25) is 10.0 Å². The zero-order valence-corrected chi connectivity index (χ0v) is 20.8. The van der Waals surface area contributed by atoms with Crippen LogP contribution in [-0.2, 0) is 14.3 Å². The van der Waals surface area contributed by atoms with E-state index in [1.54, 1.807) is 0 Å². The molecule has 2 fully saturated rings. The minimum Gasteiger partial charge on any atom is -0.481 e. The number of hydrogen-bond acceptors (Lipinski definition) is 3. The average Bonchev–Trinajstić information content (AvgIpc) is 3.63. The van der Waals surface area contributed by atoms with Crippen LogP contribution in [0.1, 0.15) is 62.1 Å². The predicted molar refractivity (Wildman–Crippen MR) is 133 cm³/mol. The Labute approximate surface area is 211 Å². The lowest BCUT2D eigenvalue weighted by Gasteiger charge is -2.48. The summed E-state index contributed by atoms with van der Waals surface area (Å²) in [5.41, 5.74) is 1.96. The van der Waals surface area contributed by atoms with Gasteiger partial charge in [0.2, 0.25) is 5.91 Å². The van der Waals surface area contributed by atoms with Gasteiger partial charge >= 0.3 is 5.97 Å². The first-order valence-corrected chi connectivity index (χ1v) is 12.8. The number of rotatable bonds is 10. The minimum atomic E-state index is -0.967. The van der Waals surface area contributed by atoms with Gasteiger partial charge in [-0.15, -0.1) is 0 Å². The van der Waals surface area contributed by atoms with Crippen LogP contribution in [-0.4, -0.2) is 41.1 Å². The molecule has 5 nitrogen and oxygen atoms in total. The van der Waals surface area contributed by atoms with E-state index in [9.17, 15) is 14.7 Å². The first-order chi connectivity index (χ1) is 16.4. The lowest BCUT2D eigenvalue weighted by atomic mass is 9.74. The van der Waals surface area contributed by atoms with E-state index < -0.39 is 11.9 Å². The second kappa shape index (κ2) is 11.1. The van der Waals surface area contributed by atoms with E-state index in [2.05, 4.69) is 0 Å². The fraction of sp³-hybridized carbons (Fsp3) is 0.481. The predicted octanol–water partition coefficient (Wildman–Crippen LogP) is 6.35. The van der Waals surface area contributed by atoms with Crippen LogP contribution in [0.15, 0.2) is 48.5 Å². The lowest BCUT2D eigenvalue weighted by Crippen LogP contribution is -2.53. The van der Waals surface area contributed by atoms with Crippen molar-refractivity contribution in [1.82, 2.24) is 4.90 Å². The minimum absolute atomic E-state index is 0.112. The molecule has 34 heavy (non-hydrogen) atoms. The average molecular weight is 504 g/mol. The zero-order valence-electron chi connectivity index (χ0n) is 19.3. The maximum absolute atomic E-state index is 13.8. The van der Waals surface area contributed by atoms with E-state index in [1.165, 1.54) is 12.8 Å². The number of carboxylic acid groups (broad SMARTS) is 1. The molecule has 4 atom stereocenters. The molecular formula is C27H31Cl2NO4. The molecule has 1 amide bonds. The molecule has 4 rings (SSSR count). The van der Waals surface area contributed by atoms with E-state index in [0.717, 1.165) is 11.1 Å². The summed E-state index contributed by atoms with van der Waals surface area (Å²) in [7, 11) is 0. The molecule has 0 radical (unpaired) electrons. The summed E-state index contributed by atoms with van der Waals surface area (Å²) >= 11 is 12.5. The van der Waals surface area contributed by atoms with Crippen molar-refractivity contribution in [2.45, 2.75) is 57.0 Å². The molecule has 1 unspecified atom stereocenters. The molecule has 2 aliphatic rings. The van der Waals surface area contributed by atoms with E-state index in [1.807, 2.05) is 60.4 Å². The number of carbonyl (C=O) groups excluding carboxylic acids is 1. The molecule has 1 aliphatic heterocycles. The van der Waals surface area contributed by atoms with Crippen molar-refractivity contribution in [1.29, 1.82) is 0 Å². The van der Waals surface area contributed by atoms with E-state index in [-0.39, 0.29) is 30.3 Å². The molecule has 1 aliphatic carbocycles. The molecule has 1 heterocycles. The zero-order chi connectivity index (χ0) is 24.2. The topological polar surface area (TPSA) is 66.8 Å². The number of carboxylic acids is 1. The van der Waals surface area contributed by atoms with Gasteiger partial charge in [-0.2, -0.15) is 0 Å². The summed E-state index contributed by atoms with van der Waals surface area (Å²) in [5.74, 6) is -1.18. The highest BCUT2D eigenvalue weighted by molar-refractivity contribution is 6.30. The fourth-order valence-corrected chi connectivity index (χ4v) is 5.35. The van der Waals surface area contributed by atoms with Gasteiger partial charge in [-0.05, 0) is 67.0 Å². The number of piperidine rings is 1. The third-order valence-electron chi connectivity index (χ3n) is 6.96. The monoisotopic (exact) mass is 503 g/mol. The van der Waals surface area contributed by atoms with E-state index in [0.29, 0.717) is 42.0 Å². The smallest absolute Gasteiger partial charge is 0.304 e. The largest absolute Gasteiger partial charge is 0.481 e. The van der Waals surface area contributed by atoms with E-state index >= 15 is 0 Å². The number of carbonyl (C=O) groups is 2. The highest BCUT2D eigenvalue weighted by atomic mass is 35.5.